The lowest BCUT2D eigenvalue weighted by Gasteiger charge is -2.35. The first kappa shape index (κ1) is 38.5. The first-order valence-electron chi connectivity index (χ1n) is 17.1. The molecule has 5 rings (SSSR count). The minimum atomic E-state index is -4.08. The molecule has 2 heterocycles. The Balaban J connectivity index is 1.47. The smallest absolute Gasteiger partial charge is 0.323 e. The van der Waals surface area contributed by atoms with Crippen molar-refractivity contribution in [2.45, 2.75) is 39.7 Å². The SMILES string of the molecule is COCCN(C(C)=O)N(c1cc(C(C)(C)C)cc(NC(=O)Nc2ccc(-c3ccc(CN4CCOCC4)nc3)c3ccccc23)c1OC)S(C)(=O)=O. The lowest BCUT2D eigenvalue weighted by atomic mass is 9.86. The van der Waals surface area contributed by atoms with Gasteiger partial charge in [-0.25, -0.2) is 18.2 Å². The molecule has 0 atom stereocenters. The third-order valence-electron chi connectivity index (χ3n) is 8.80. The van der Waals surface area contributed by atoms with Crippen LogP contribution in [0.4, 0.5) is 21.9 Å². The molecule has 1 aliphatic rings. The van der Waals surface area contributed by atoms with Gasteiger partial charge in [-0.05, 0) is 46.2 Å². The Kier molecular flexibility index (Phi) is 12.0. The van der Waals surface area contributed by atoms with Gasteiger partial charge >= 0.3 is 6.03 Å². The summed E-state index contributed by atoms with van der Waals surface area (Å²) >= 11 is 0. The monoisotopic (exact) mass is 732 g/mol. The summed E-state index contributed by atoms with van der Waals surface area (Å²) in [7, 11) is -1.24. The number of amides is 3. The number of hydrogen-bond acceptors (Lipinski definition) is 9. The van der Waals surface area contributed by atoms with Gasteiger partial charge in [0, 0.05) is 50.8 Å². The molecule has 13 nitrogen and oxygen atoms in total. The number of urea groups is 1. The minimum Gasteiger partial charge on any atom is -0.492 e. The van der Waals surface area contributed by atoms with E-state index < -0.39 is 27.4 Å². The molecule has 0 aliphatic carbocycles. The maximum atomic E-state index is 13.8. The van der Waals surface area contributed by atoms with E-state index in [4.69, 9.17) is 19.2 Å². The molecular weight excluding hydrogens is 685 g/mol. The Bertz CT molecular complexity index is 2010. The molecule has 0 radical (unpaired) electrons. The number of anilines is 3. The lowest BCUT2D eigenvalue weighted by Crippen LogP contribution is -2.50. The molecule has 0 unspecified atom stereocenters. The van der Waals surface area contributed by atoms with Crippen LogP contribution in [0.5, 0.6) is 5.75 Å². The number of nitrogens with zero attached hydrogens (tertiary/aromatic N) is 4. The fourth-order valence-electron chi connectivity index (χ4n) is 6.14. The molecule has 3 aromatic carbocycles. The molecule has 0 spiro atoms. The zero-order chi connectivity index (χ0) is 37.6. The van der Waals surface area contributed by atoms with E-state index in [0.717, 1.165) is 76.1 Å². The molecule has 1 fully saturated rings. The van der Waals surface area contributed by atoms with Crippen LogP contribution in [0.2, 0.25) is 0 Å². The van der Waals surface area contributed by atoms with Crippen LogP contribution in [-0.2, 0) is 36.3 Å². The van der Waals surface area contributed by atoms with E-state index in [1.54, 1.807) is 12.1 Å². The number of carbonyl (C=O) groups is 2. The normalized spacial score (nSPS) is 13.8. The van der Waals surface area contributed by atoms with Gasteiger partial charge in [0.05, 0.1) is 56.8 Å². The number of sulfonamides is 1. The van der Waals surface area contributed by atoms with E-state index in [0.29, 0.717) is 11.3 Å². The number of hydrogen-bond donors (Lipinski definition) is 2. The van der Waals surface area contributed by atoms with Crippen molar-refractivity contribution >= 4 is 49.8 Å². The molecule has 0 saturated carbocycles. The Morgan fingerprint density at radius 2 is 1.65 bits per heavy atom. The Labute approximate surface area is 305 Å². The molecule has 278 valence electrons. The van der Waals surface area contributed by atoms with Crippen molar-refractivity contribution < 1.29 is 32.2 Å². The van der Waals surface area contributed by atoms with Crippen LogP contribution in [0, 0.1) is 0 Å². The van der Waals surface area contributed by atoms with Crippen molar-refractivity contribution in [3.05, 3.63) is 78.1 Å². The van der Waals surface area contributed by atoms with Gasteiger partial charge in [-0.3, -0.25) is 14.7 Å². The predicted octanol–water partition coefficient (Wildman–Crippen LogP) is 5.86. The number of carbonyl (C=O) groups excluding carboxylic acids is 2. The summed E-state index contributed by atoms with van der Waals surface area (Å²) in [6.45, 7) is 11.2. The number of nitrogens with one attached hydrogen (secondary N) is 2. The Morgan fingerprint density at radius 1 is 0.962 bits per heavy atom. The number of hydrazine groups is 1. The Hall–Kier alpha value is -4.76. The van der Waals surface area contributed by atoms with Gasteiger partial charge < -0.3 is 24.8 Å². The second-order valence-corrected chi connectivity index (χ2v) is 15.5. The average molecular weight is 733 g/mol. The van der Waals surface area contributed by atoms with Crippen molar-refractivity contribution in [3.63, 3.8) is 0 Å². The van der Waals surface area contributed by atoms with E-state index in [-0.39, 0.29) is 30.3 Å². The predicted molar refractivity (Wildman–Crippen MR) is 204 cm³/mol. The fourth-order valence-corrected chi connectivity index (χ4v) is 7.19. The highest BCUT2D eigenvalue weighted by atomic mass is 32.2. The lowest BCUT2D eigenvalue weighted by molar-refractivity contribution is -0.129. The van der Waals surface area contributed by atoms with Gasteiger partial charge in [0.1, 0.15) is 5.69 Å². The number of ether oxygens (including phenoxy) is 3. The molecule has 1 aliphatic heterocycles. The Morgan fingerprint density at radius 3 is 2.25 bits per heavy atom. The number of benzene rings is 3. The third kappa shape index (κ3) is 8.99. The molecule has 1 saturated heterocycles. The molecule has 14 heteroatoms. The van der Waals surface area contributed by atoms with E-state index in [1.807, 2.05) is 69.4 Å². The summed E-state index contributed by atoms with van der Waals surface area (Å²) in [6, 6.07) is 18.5. The minimum absolute atomic E-state index is 0.0389. The van der Waals surface area contributed by atoms with Crippen LogP contribution in [0.15, 0.2) is 66.9 Å². The molecule has 52 heavy (non-hydrogen) atoms. The summed E-state index contributed by atoms with van der Waals surface area (Å²) in [5.74, 6) is -0.463. The number of aromatic nitrogens is 1. The zero-order valence-electron chi connectivity index (χ0n) is 30.9. The molecule has 0 bridgehead atoms. The maximum absolute atomic E-state index is 13.8. The van der Waals surface area contributed by atoms with Crippen LogP contribution < -0.4 is 19.8 Å². The highest BCUT2D eigenvalue weighted by molar-refractivity contribution is 7.92. The van der Waals surface area contributed by atoms with Crippen LogP contribution >= 0.6 is 0 Å². The number of rotatable bonds is 12. The summed E-state index contributed by atoms with van der Waals surface area (Å²) in [5, 5.41) is 8.69. The largest absolute Gasteiger partial charge is 0.492 e. The van der Waals surface area contributed by atoms with Crippen molar-refractivity contribution in [1.82, 2.24) is 14.9 Å². The van der Waals surface area contributed by atoms with Gasteiger partial charge in [-0.2, -0.15) is 4.41 Å². The first-order valence-corrected chi connectivity index (χ1v) is 18.9. The first-order chi connectivity index (χ1) is 24.7. The third-order valence-corrected chi connectivity index (χ3v) is 9.82. The van der Waals surface area contributed by atoms with Gasteiger partial charge in [-0.15, -0.1) is 0 Å². The van der Waals surface area contributed by atoms with E-state index in [1.165, 1.54) is 21.1 Å². The molecule has 4 aromatic rings. The quantitative estimate of drug-likeness (QED) is 0.171. The molecule has 1 aromatic heterocycles. The zero-order valence-corrected chi connectivity index (χ0v) is 31.7. The topological polar surface area (TPSA) is 143 Å². The van der Waals surface area contributed by atoms with Gasteiger partial charge in [0.25, 0.3) is 0 Å². The molecule has 2 N–H and O–H groups in total. The van der Waals surface area contributed by atoms with Gasteiger partial charge in [0.15, 0.2) is 5.75 Å². The van der Waals surface area contributed by atoms with Gasteiger partial charge in [0.2, 0.25) is 15.9 Å². The standard InChI is InChI=1S/C38H48N6O7S/c1-26(45)43(18-19-49-5)44(52(7,47)48)35-23-28(38(2,3)4)22-34(36(35)50-6)41-37(46)40-33-15-14-30(31-10-8-9-11-32(31)33)27-12-13-29(39-24-27)25-42-16-20-51-21-17-42/h8-15,22-24H,16-21,25H2,1-7H3,(H2,40,41,46). The fraction of sp³-hybridized carbons (Fsp3) is 0.395. The van der Waals surface area contributed by atoms with Crippen molar-refractivity contribution in [3.8, 4) is 16.9 Å². The van der Waals surface area contributed by atoms with Gasteiger partial charge in [-0.1, -0.05) is 57.2 Å². The second kappa shape index (κ2) is 16.3. The van der Waals surface area contributed by atoms with E-state index in [9.17, 15) is 18.0 Å². The van der Waals surface area contributed by atoms with Crippen LogP contribution in [-0.4, -0.2) is 95.2 Å². The highest BCUT2D eigenvalue weighted by Gasteiger charge is 2.33. The van der Waals surface area contributed by atoms with Crippen molar-refractivity contribution in [2.24, 2.45) is 0 Å². The maximum Gasteiger partial charge on any atom is 0.323 e. The molecular formula is C38H48N6O7S. The second-order valence-electron chi connectivity index (χ2n) is 13.7. The number of morpholine rings is 1. The number of methoxy groups -OCH3 is 2. The van der Waals surface area contributed by atoms with Crippen molar-refractivity contribution in [1.29, 1.82) is 0 Å². The average Bonchev–Trinajstić information content (AvgIpc) is 3.09. The summed E-state index contributed by atoms with van der Waals surface area (Å²) < 4.78 is 43.9. The van der Waals surface area contributed by atoms with Crippen molar-refractivity contribution in [2.75, 3.05) is 75.0 Å². The highest BCUT2D eigenvalue weighted by Crippen LogP contribution is 2.42. The van der Waals surface area contributed by atoms with E-state index in [2.05, 4.69) is 21.6 Å². The van der Waals surface area contributed by atoms with Crippen LogP contribution in [0.3, 0.4) is 0 Å². The van der Waals surface area contributed by atoms with E-state index >= 15 is 0 Å². The summed E-state index contributed by atoms with van der Waals surface area (Å²) in [6.07, 6.45) is 2.88. The van der Waals surface area contributed by atoms with Crippen LogP contribution in [0.1, 0.15) is 39.0 Å². The van der Waals surface area contributed by atoms with Crippen LogP contribution in [0.25, 0.3) is 21.9 Å². The number of fused-ring (bicyclic) bond motifs is 1. The molecule has 3 amide bonds. The number of pyridine rings is 1. The summed E-state index contributed by atoms with van der Waals surface area (Å²) in [5.41, 5.74) is 3.99. The summed E-state index contributed by atoms with van der Waals surface area (Å²) in [4.78, 5) is 33.6.